The van der Waals surface area contributed by atoms with Gasteiger partial charge >= 0.3 is 0 Å². The second kappa shape index (κ2) is 7.12. The van der Waals surface area contributed by atoms with Gasteiger partial charge in [-0.1, -0.05) is 18.2 Å². The van der Waals surface area contributed by atoms with Crippen molar-refractivity contribution < 1.29 is 9.59 Å². The number of hydrogen-bond donors (Lipinski definition) is 1. The maximum Gasteiger partial charge on any atom is 0.251 e. The fourth-order valence-corrected chi connectivity index (χ4v) is 3.17. The first kappa shape index (κ1) is 16.0. The van der Waals surface area contributed by atoms with Crippen LogP contribution in [0, 0.1) is 3.57 Å². The van der Waals surface area contributed by atoms with Crippen molar-refractivity contribution in [3.63, 3.8) is 0 Å². The zero-order valence-electron chi connectivity index (χ0n) is 12.6. The standard InChI is InChI=1S/C18H17IN2O2/c19-15-4-1-3-14(11-15)18(23)20-12-13-6-8-16(9-7-13)21-10-2-5-17(21)22/h1,3-4,6-9,11H,2,5,10,12H2,(H,20,23). The molecule has 3 rings (SSSR count). The van der Waals surface area contributed by atoms with Gasteiger partial charge in [0.25, 0.3) is 5.91 Å². The molecule has 0 spiro atoms. The molecule has 5 heteroatoms. The molecule has 1 saturated heterocycles. The van der Waals surface area contributed by atoms with Crippen LogP contribution in [0.4, 0.5) is 5.69 Å². The van der Waals surface area contributed by atoms with Crippen LogP contribution in [0.5, 0.6) is 0 Å². The number of rotatable bonds is 4. The minimum absolute atomic E-state index is 0.0812. The van der Waals surface area contributed by atoms with Crippen molar-refractivity contribution in [3.8, 4) is 0 Å². The van der Waals surface area contributed by atoms with Crippen LogP contribution in [0.3, 0.4) is 0 Å². The van der Waals surface area contributed by atoms with E-state index in [0.29, 0.717) is 18.5 Å². The Kier molecular flexibility index (Phi) is 4.95. The molecule has 0 atom stereocenters. The zero-order valence-corrected chi connectivity index (χ0v) is 14.7. The van der Waals surface area contributed by atoms with E-state index in [9.17, 15) is 9.59 Å². The highest BCUT2D eigenvalue weighted by Gasteiger charge is 2.21. The summed E-state index contributed by atoms with van der Waals surface area (Å²) >= 11 is 2.19. The van der Waals surface area contributed by atoms with Gasteiger partial charge in [0.05, 0.1) is 0 Å². The van der Waals surface area contributed by atoms with E-state index in [-0.39, 0.29) is 11.8 Å². The number of carbonyl (C=O) groups excluding carboxylic acids is 2. The molecule has 0 saturated carbocycles. The highest BCUT2D eigenvalue weighted by Crippen LogP contribution is 2.21. The van der Waals surface area contributed by atoms with E-state index in [2.05, 4.69) is 27.9 Å². The lowest BCUT2D eigenvalue weighted by atomic mass is 10.1. The van der Waals surface area contributed by atoms with Gasteiger partial charge in [0, 0.05) is 34.3 Å². The molecule has 0 unspecified atom stereocenters. The molecule has 0 aromatic heterocycles. The van der Waals surface area contributed by atoms with Gasteiger partial charge in [0.1, 0.15) is 0 Å². The van der Waals surface area contributed by atoms with Gasteiger partial charge in [0.15, 0.2) is 0 Å². The van der Waals surface area contributed by atoms with Crippen molar-refractivity contribution in [1.82, 2.24) is 5.32 Å². The van der Waals surface area contributed by atoms with Crippen LogP contribution in [0.2, 0.25) is 0 Å². The molecule has 1 aliphatic rings. The van der Waals surface area contributed by atoms with Crippen molar-refractivity contribution >= 4 is 40.1 Å². The number of nitrogens with zero attached hydrogens (tertiary/aromatic N) is 1. The van der Waals surface area contributed by atoms with Gasteiger partial charge < -0.3 is 10.2 Å². The first-order valence-electron chi connectivity index (χ1n) is 7.56. The largest absolute Gasteiger partial charge is 0.348 e. The van der Waals surface area contributed by atoms with Crippen molar-refractivity contribution in [2.24, 2.45) is 0 Å². The summed E-state index contributed by atoms with van der Waals surface area (Å²) in [5.74, 6) is 0.104. The predicted molar refractivity (Wildman–Crippen MR) is 98.4 cm³/mol. The minimum atomic E-state index is -0.0812. The number of benzene rings is 2. The van der Waals surface area contributed by atoms with Gasteiger partial charge in [-0.3, -0.25) is 9.59 Å². The number of nitrogens with one attached hydrogen (secondary N) is 1. The third-order valence-electron chi connectivity index (χ3n) is 3.86. The summed E-state index contributed by atoms with van der Waals surface area (Å²) in [6, 6.07) is 15.3. The molecule has 0 aliphatic carbocycles. The molecule has 2 aromatic rings. The Hall–Kier alpha value is -1.89. The molecule has 23 heavy (non-hydrogen) atoms. The second-order valence-electron chi connectivity index (χ2n) is 5.51. The molecule has 1 aliphatic heterocycles. The molecule has 4 nitrogen and oxygen atoms in total. The third kappa shape index (κ3) is 3.90. The monoisotopic (exact) mass is 420 g/mol. The maximum atomic E-state index is 12.1. The fourth-order valence-electron chi connectivity index (χ4n) is 2.63. The Morgan fingerprint density at radius 2 is 1.96 bits per heavy atom. The van der Waals surface area contributed by atoms with E-state index in [1.807, 2.05) is 47.4 Å². The zero-order chi connectivity index (χ0) is 16.2. The van der Waals surface area contributed by atoms with Crippen LogP contribution in [0.1, 0.15) is 28.8 Å². The van der Waals surface area contributed by atoms with Crippen LogP contribution in [0.25, 0.3) is 0 Å². The molecule has 0 radical (unpaired) electrons. The van der Waals surface area contributed by atoms with E-state index in [1.54, 1.807) is 6.07 Å². The summed E-state index contributed by atoms with van der Waals surface area (Å²) < 4.78 is 1.04. The number of amides is 2. The topological polar surface area (TPSA) is 49.4 Å². The molecule has 1 N–H and O–H groups in total. The van der Waals surface area contributed by atoms with Crippen molar-refractivity contribution in [2.45, 2.75) is 19.4 Å². The van der Waals surface area contributed by atoms with E-state index in [4.69, 9.17) is 0 Å². The predicted octanol–water partition coefficient (Wildman–Crippen LogP) is 3.35. The summed E-state index contributed by atoms with van der Waals surface area (Å²) in [6.45, 7) is 1.26. The smallest absolute Gasteiger partial charge is 0.251 e. The third-order valence-corrected chi connectivity index (χ3v) is 4.53. The van der Waals surface area contributed by atoms with E-state index in [1.165, 1.54) is 0 Å². The Morgan fingerprint density at radius 3 is 2.61 bits per heavy atom. The van der Waals surface area contributed by atoms with E-state index < -0.39 is 0 Å². The van der Waals surface area contributed by atoms with Crippen LogP contribution in [-0.4, -0.2) is 18.4 Å². The highest BCUT2D eigenvalue weighted by molar-refractivity contribution is 14.1. The van der Waals surface area contributed by atoms with Crippen LogP contribution < -0.4 is 10.2 Å². The van der Waals surface area contributed by atoms with E-state index in [0.717, 1.165) is 27.8 Å². The number of halogens is 1. The van der Waals surface area contributed by atoms with Gasteiger partial charge in [-0.05, 0) is 64.9 Å². The number of carbonyl (C=O) groups is 2. The van der Waals surface area contributed by atoms with Gasteiger partial charge in [-0.25, -0.2) is 0 Å². The Balaban J connectivity index is 1.60. The molecule has 118 valence electrons. The molecule has 0 bridgehead atoms. The van der Waals surface area contributed by atoms with Crippen LogP contribution in [-0.2, 0) is 11.3 Å². The average molecular weight is 420 g/mol. The van der Waals surface area contributed by atoms with Gasteiger partial charge in [-0.15, -0.1) is 0 Å². The van der Waals surface area contributed by atoms with Crippen molar-refractivity contribution in [1.29, 1.82) is 0 Å². The van der Waals surface area contributed by atoms with E-state index >= 15 is 0 Å². The summed E-state index contributed by atoms with van der Waals surface area (Å²) in [5.41, 5.74) is 2.61. The summed E-state index contributed by atoms with van der Waals surface area (Å²) in [7, 11) is 0. The molecule has 1 heterocycles. The molecule has 2 aromatic carbocycles. The molecule has 2 amide bonds. The lowest BCUT2D eigenvalue weighted by molar-refractivity contribution is -0.117. The Morgan fingerprint density at radius 1 is 1.17 bits per heavy atom. The SMILES string of the molecule is O=C(NCc1ccc(N2CCCC2=O)cc1)c1cccc(I)c1. The first-order valence-corrected chi connectivity index (χ1v) is 8.64. The number of anilines is 1. The van der Waals surface area contributed by atoms with Gasteiger partial charge in [0.2, 0.25) is 5.91 Å². The van der Waals surface area contributed by atoms with Crippen molar-refractivity contribution in [3.05, 3.63) is 63.2 Å². The molecular weight excluding hydrogens is 403 g/mol. The van der Waals surface area contributed by atoms with Crippen LogP contribution in [0.15, 0.2) is 48.5 Å². The molecule has 1 fully saturated rings. The summed E-state index contributed by atoms with van der Waals surface area (Å²) in [5, 5.41) is 2.92. The lowest BCUT2D eigenvalue weighted by Gasteiger charge is -2.16. The quantitative estimate of drug-likeness (QED) is 0.772. The Bertz CT molecular complexity index is 728. The lowest BCUT2D eigenvalue weighted by Crippen LogP contribution is -2.24. The fraction of sp³-hybridized carbons (Fsp3) is 0.222. The molecular formula is C18H17IN2O2. The second-order valence-corrected chi connectivity index (χ2v) is 6.75. The Labute approximate surface area is 149 Å². The summed E-state index contributed by atoms with van der Waals surface area (Å²) in [4.78, 5) is 25.7. The van der Waals surface area contributed by atoms with Crippen LogP contribution >= 0.6 is 22.6 Å². The maximum absolute atomic E-state index is 12.1. The summed E-state index contributed by atoms with van der Waals surface area (Å²) in [6.07, 6.45) is 1.56. The normalized spacial score (nSPS) is 14.1. The minimum Gasteiger partial charge on any atom is -0.348 e. The highest BCUT2D eigenvalue weighted by atomic mass is 127. The van der Waals surface area contributed by atoms with Gasteiger partial charge in [-0.2, -0.15) is 0 Å². The average Bonchev–Trinajstić information content (AvgIpc) is 2.99. The first-order chi connectivity index (χ1) is 11.1. The number of hydrogen-bond acceptors (Lipinski definition) is 2. The van der Waals surface area contributed by atoms with Crippen molar-refractivity contribution in [2.75, 3.05) is 11.4 Å².